The molecule has 2 aromatic carbocycles. The van der Waals surface area contributed by atoms with Gasteiger partial charge in [-0.3, -0.25) is 0 Å². The van der Waals surface area contributed by atoms with Gasteiger partial charge < -0.3 is 14.2 Å². The van der Waals surface area contributed by atoms with Crippen molar-refractivity contribution >= 4 is 11.8 Å². The molecule has 1 aliphatic rings. The van der Waals surface area contributed by atoms with Crippen molar-refractivity contribution in [1.29, 1.82) is 0 Å². The van der Waals surface area contributed by atoms with Crippen LogP contribution in [0, 0.1) is 0 Å². The molecule has 0 aromatic heterocycles. The Balaban J connectivity index is 1.49. The van der Waals surface area contributed by atoms with Crippen molar-refractivity contribution in [3.63, 3.8) is 0 Å². The van der Waals surface area contributed by atoms with Gasteiger partial charge in [-0.1, -0.05) is 60.7 Å². The molecule has 0 amide bonds. The fourth-order valence-corrected chi connectivity index (χ4v) is 4.14. The molecule has 4 heteroatoms. The van der Waals surface area contributed by atoms with E-state index >= 15 is 0 Å². The molecule has 3 nitrogen and oxygen atoms in total. The van der Waals surface area contributed by atoms with Gasteiger partial charge in [0.2, 0.25) is 0 Å². The van der Waals surface area contributed by atoms with Gasteiger partial charge in [0, 0.05) is 13.5 Å². The average molecular weight is 344 g/mol. The topological polar surface area (TPSA) is 27.7 Å². The third-order valence-electron chi connectivity index (χ3n) is 4.13. The monoisotopic (exact) mass is 344 g/mol. The molecular formula is C20H24O3S. The first-order valence-electron chi connectivity index (χ1n) is 8.30. The van der Waals surface area contributed by atoms with Crippen molar-refractivity contribution in [2.45, 2.75) is 36.4 Å². The fourth-order valence-electron chi connectivity index (χ4n) is 2.80. The summed E-state index contributed by atoms with van der Waals surface area (Å²) in [6.45, 7) is 1.96. The van der Waals surface area contributed by atoms with Crippen LogP contribution in [0.2, 0.25) is 0 Å². The Morgan fingerprint density at radius 1 is 0.917 bits per heavy atom. The number of rotatable bonds is 8. The van der Waals surface area contributed by atoms with Crippen LogP contribution in [-0.2, 0) is 27.4 Å². The lowest BCUT2D eigenvalue weighted by Gasteiger charge is -2.19. The highest BCUT2D eigenvalue weighted by Crippen LogP contribution is 2.37. The predicted molar refractivity (Wildman–Crippen MR) is 97.9 cm³/mol. The summed E-state index contributed by atoms with van der Waals surface area (Å²) < 4.78 is 17.6. The van der Waals surface area contributed by atoms with Gasteiger partial charge in [-0.25, -0.2) is 0 Å². The third-order valence-corrected chi connectivity index (χ3v) is 5.61. The van der Waals surface area contributed by atoms with Crippen LogP contribution in [0.15, 0.2) is 60.7 Å². The second-order valence-corrected chi connectivity index (χ2v) is 7.31. The van der Waals surface area contributed by atoms with Crippen molar-refractivity contribution in [3.8, 4) is 0 Å². The van der Waals surface area contributed by atoms with Crippen molar-refractivity contribution in [2.24, 2.45) is 0 Å². The zero-order valence-corrected chi connectivity index (χ0v) is 14.8. The van der Waals surface area contributed by atoms with Gasteiger partial charge in [0.05, 0.1) is 31.2 Å². The Bertz CT molecular complexity index is 590. The molecule has 1 heterocycles. The molecule has 3 rings (SSSR count). The smallest absolute Gasteiger partial charge is 0.105 e. The van der Waals surface area contributed by atoms with E-state index in [4.69, 9.17) is 14.2 Å². The molecule has 0 aliphatic carbocycles. The van der Waals surface area contributed by atoms with Gasteiger partial charge in [-0.2, -0.15) is 0 Å². The van der Waals surface area contributed by atoms with Gasteiger partial charge in [-0.15, -0.1) is 11.8 Å². The van der Waals surface area contributed by atoms with E-state index in [0.29, 0.717) is 25.1 Å². The Morgan fingerprint density at radius 3 is 2.17 bits per heavy atom. The van der Waals surface area contributed by atoms with Crippen LogP contribution in [-0.4, -0.2) is 30.5 Å². The Morgan fingerprint density at radius 2 is 1.54 bits per heavy atom. The van der Waals surface area contributed by atoms with E-state index in [1.807, 2.05) is 48.2 Å². The van der Waals surface area contributed by atoms with Gasteiger partial charge in [0.1, 0.15) is 5.44 Å². The maximum absolute atomic E-state index is 6.16. The molecule has 0 saturated carbocycles. The van der Waals surface area contributed by atoms with Gasteiger partial charge in [0.25, 0.3) is 0 Å². The summed E-state index contributed by atoms with van der Waals surface area (Å²) in [5.41, 5.74) is 2.59. The third kappa shape index (κ3) is 5.08. The standard InChI is InChI=1S/C20H24O3S/c1-21-20-12-18(23-14-17-10-6-3-7-11-17)19(24-20)15-22-13-16-8-4-2-5-9-16/h2-11,18-20H,12-15H2,1H3. The van der Waals surface area contributed by atoms with Crippen molar-refractivity contribution in [2.75, 3.05) is 13.7 Å². The predicted octanol–water partition coefficient (Wildman–Crippen LogP) is 4.27. The second-order valence-electron chi connectivity index (χ2n) is 5.91. The number of hydrogen-bond acceptors (Lipinski definition) is 4. The minimum atomic E-state index is 0.163. The maximum atomic E-state index is 6.16. The average Bonchev–Trinajstić information content (AvgIpc) is 3.04. The highest BCUT2D eigenvalue weighted by Gasteiger charge is 2.36. The van der Waals surface area contributed by atoms with Crippen molar-refractivity contribution < 1.29 is 14.2 Å². The van der Waals surface area contributed by atoms with E-state index in [-0.39, 0.29) is 11.5 Å². The first-order valence-corrected chi connectivity index (χ1v) is 9.25. The lowest BCUT2D eigenvalue weighted by Crippen LogP contribution is -2.26. The summed E-state index contributed by atoms with van der Waals surface area (Å²) in [6.07, 6.45) is 1.07. The maximum Gasteiger partial charge on any atom is 0.105 e. The molecule has 0 spiro atoms. The lowest BCUT2D eigenvalue weighted by molar-refractivity contribution is 0.00366. The summed E-state index contributed by atoms with van der Waals surface area (Å²) in [4.78, 5) is 0. The minimum Gasteiger partial charge on any atom is -0.376 e. The molecule has 1 fully saturated rings. The fraction of sp³-hybridized carbons (Fsp3) is 0.400. The number of thioether (sulfide) groups is 1. The van der Waals surface area contributed by atoms with Gasteiger partial charge in [-0.05, 0) is 11.1 Å². The molecule has 0 radical (unpaired) electrons. The summed E-state index contributed by atoms with van der Waals surface area (Å²) in [5, 5.41) is 0.308. The van der Waals surface area contributed by atoms with Crippen LogP contribution in [0.4, 0.5) is 0 Å². The SMILES string of the molecule is COC1CC(OCc2ccccc2)C(COCc2ccccc2)S1. The number of methoxy groups -OCH3 is 1. The highest BCUT2D eigenvalue weighted by atomic mass is 32.2. The van der Waals surface area contributed by atoms with Crippen LogP contribution >= 0.6 is 11.8 Å². The Hall–Kier alpha value is -1.33. The molecule has 0 bridgehead atoms. The Labute approximate surface area is 148 Å². The summed E-state index contributed by atoms with van der Waals surface area (Å²) in [5.74, 6) is 0. The van der Waals surface area contributed by atoms with E-state index in [2.05, 4.69) is 24.3 Å². The van der Waals surface area contributed by atoms with Crippen LogP contribution in [0.5, 0.6) is 0 Å². The number of hydrogen-bond donors (Lipinski definition) is 0. The molecule has 2 aromatic rings. The van der Waals surface area contributed by atoms with Crippen LogP contribution in [0.1, 0.15) is 17.5 Å². The van der Waals surface area contributed by atoms with Crippen LogP contribution < -0.4 is 0 Å². The summed E-state index contributed by atoms with van der Waals surface area (Å²) in [7, 11) is 1.76. The molecular weight excluding hydrogens is 320 g/mol. The van der Waals surface area contributed by atoms with E-state index in [9.17, 15) is 0 Å². The van der Waals surface area contributed by atoms with E-state index in [1.54, 1.807) is 7.11 Å². The number of benzene rings is 2. The molecule has 3 atom stereocenters. The molecule has 128 valence electrons. The zero-order chi connectivity index (χ0) is 16.6. The van der Waals surface area contributed by atoms with E-state index in [0.717, 1.165) is 6.42 Å². The first-order chi connectivity index (χ1) is 11.8. The van der Waals surface area contributed by atoms with Crippen LogP contribution in [0.3, 0.4) is 0 Å². The van der Waals surface area contributed by atoms with E-state index in [1.165, 1.54) is 11.1 Å². The van der Waals surface area contributed by atoms with E-state index < -0.39 is 0 Å². The molecule has 24 heavy (non-hydrogen) atoms. The molecule has 1 saturated heterocycles. The van der Waals surface area contributed by atoms with Gasteiger partial charge >= 0.3 is 0 Å². The molecule has 1 aliphatic heterocycles. The molecule has 0 N–H and O–H groups in total. The number of ether oxygens (including phenoxy) is 3. The summed E-state index contributed by atoms with van der Waals surface area (Å²) in [6, 6.07) is 20.6. The zero-order valence-electron chi connectivity index (χ0n) is 14.0. The highest BCUT2D eigenvalue weighted by molar-refractivity contribution is 8.00. The minimum absolute atomic E-state index is 0.163. The Kier molecular flexibility index (Phi) is 6.73. The second kappa shape index (κ2) is 9.23. The molecule has 3 unspecified atom stereocenters. The van der Waals surface area contributed by atoms with Crippen molar-refractivity contribution in [1.82, 2.24) is 0 Å². The summed E-state index contributed by atoms with van der Waals surface area (Å²) >= 11 is 1.82. The lowest BCUT2D eigenvalue weighted by atomic mass is 10.2. The van der Waals surface area contributed by atoms with Crippen molar-refractivity contribution in [3.05, 3.63) is 71.8 Å². The normalized spacial score (nSPS) is 23.5. The quantitative estimate of drug-likeness (QED) is 0.715. The largest absolute Gasteiger partial charge is 0.376 e. The first kappa shape index (κ1) is 17.5. The van der Waals surface area contributed by atoms with Crippen LogP contribution in [0.25, 0.3) is 0 Å². The van der Waals surface area contributed by atoms with Gasteiger partial charge in [0.15, 0.2) is 0 Å².